The summed E-state index contributed by atoms with van der Waals surface area (Å²) in [6.45, 7) is -0.816. The van der Waals surface area contributed by atoms with E-state index in [2.05, 4.69) is 33.1 Å². The van der Waals surface area contributed by atoms with Crippen molar-refractivity contribution in [2.75, 3.05) is 6.86 Å². The highest BCUT2D eigenvalue weighted by Gasteiger charge is 2.30. The van der Waals surface area contributed by atoms with Gasteiger partial charge in [-0.15, -0.1) is 0 Å². The summed E-state index contributed by atoms with van der Waals surface area (Å²) < 4.78 is 17.2. The lowest BCUT2D eigenvalue weighted by Crippen LogP contribution is -2.57. The summed E-state index contributed by atoms with van der Waals surface area (Å²) in [4.78, 5) is 2.09. The van der Waals surface area contributed by atoms with Gasteiger partial charge in [-0.2, -0.15) is 0 Å². The highest BCUT2D eigenvalue weighted by molar-refractivity contribution is 5.67. The van der Waals surface area contributed by atoms with Gasteiger partial charge in [0, 0.05) is 24.0 Å². The standard InChI is InChI=1S/C16H19FN4O/c17-10-22-13-3-1-2-11(8-13)14-9-21-7-6-15(18-12-4-5-12)20-16(21)19-14/h1-3,6-9,12,15-16,18-20H,4-5,10H2. The Bertz CT molecular complexity index is 614. The third-order valence-corrected chi connectivity index (χ3v) is 4.02. The Morgan fingerprint density at radius 3 is 3.09 bits per heavy atom. The fourth-order valence-electron chi connectivity index (χ4n) is 2.73. The normalized spacial score (nSPS) is 26.4. The molecule has 0 aromatic heterocycles. The molecule has 0 saturated heterocycles. The minimum Gasteiger partial charge on any atom is -0.463 e. The molecule has 0 bridgehead atoms. The molecular formula is C16H19FN4O. The van der Waals surface area contributed by atoms with Crippen molar-refractivity contribution in [3.8, 4) is 5.75 Å². The Labute approximate surface area is 128 Å². The van der Waals surface area contributed by atoms with Crippen LogP contribution in [0.25, 0.3) is 5.70 Å². The van der Waals surface area contributed by atoms with E-state index >= 15 is 0 Å². The number of hydrogen-bond donors (Lipinski definition) is 3. The van der Waals surface area contributed by atoms with Crippen molar-refractivity contribution < 1.29 is 9.13 Å². The van der Waals surface area contributed by atoms with E-state index in [0.29, 0.717) is 11.8 Å². The summed E-state index contributed by atoms with van der Waals surface area (Å²) in [5.41, 5.74) is 1.96. The summed E-state index contributed by atoms with van der Waals surface area (Å²) in [7, 11) is 0. The van der Waals surface area contributed by atoms with Crippen molar-refractivity contribution in [2.24, 2.45) is 0 Å². The fourth-order valence-corrected chi connectivity index (χ4v) is 2.73. The van der Waals surface area contributed by atoms with E-state index in [4.69, 9.17) is 4.74 Å². The van der Waals surface area contributed by atoms with Crippen LogP contribution in [0.15, 0.2) is 42.7 Å². The van der Waals surface area contributed by atoms with Gasteiger partial charge in [0.15, 0.2) is 6.29 Å². The minimum atomic E-state index is -0.816. The molecule has 0 radical (unpaired) electrons. The third kappa shape index (κ3) is 2.80. The number of rotatable bonds is 5. The summed E-state index contributed by atoms with van der Waals surface area (Å²) in [6, 6.07) is 8.07. The third-order valence-electron chi connectivity index (χ3n) is 4.02. The van der Waals surface area contributed by atoms with Crippen LogP contribution in [-0.4, -0.2) is 30.3 Å². The molecule has 116 valence electrons. The maximum Gasteiger partial charge on any atom is 0.228 e. The second kappa shape index (κ2) is 5.62. The number of alkyl halides is 1. The monoisotopic (exact) mass is 302 g/mol. The van der Waals surface area contributed by atoms with E-state index in [1.54, 1.807) is 6.07 Å². The van der Waals surface area contributed by atoms with Crippen molar-refractivity contribution in [2.45, 2.75) is 31.3 Å². The highest BCUT2D eigenvalue weighted by Crippen LogP contribution is 2.25. The molecule has 2 aliphatic heterocycles. The SMILES string of the molecule is FCOc1cccc(C2=CN3C=CC(NC4CC4)NC3N2)c1. The second-order valence-corrected chi connectivity index (χ2v) is 5.74. The topological polar surface area (TPSA) is 48.6 Å². The molecule has 3 N–H and O–H groups in total. The minimum absolute atomic E-state index is 0.0296. The second-order valence-electron chi connectivity index (χ2n) is 5.74. The van der Waals surface area contributed by atoms with Gasteiger partial charge in [-0.25, -0.2) is 4.39 Å². The number of nitrogens with one attached hydrogen (secondary N) is 3. The van der Waals surface area contributed by atoms with Gasteiger partial charge in [0.2, 0.25) is 6.86 Å². The van der Waals surface area contributed by atoms with E-state index in [1.807, 2.05) is 24.4 Å². The lowest BCUT2D eigenvalue weighted by molar-refractivity contribution is 0.191. The van der Waals surface area contributed by atoms with Crippen molar-refractivity contribution in [1.82, 2.24) is 20.9 Å². The van der Waals surface area contributed by atoms with Crippen LogP contribution in [0.4, 0.5) is 4.39 Å². The zero-order chi connectivity index (χ0) is 14.9. The number of ether oxygens (including phenoxy) is 1. The zero-order valence-corrected chi connectivity index (χ0v) is 12.1. The molecule has 1 aromatic rings. The molecule has 1 aromatic carbocycles. The smallest absolute Gasteiger partial charge is 0.228 e. The number of halogens is 1. The average molecular weight is 302 g/mol. The first-order chi connectivity index (χ1) is 10.8. The molecule has 1 fully saturated rings. The predicted molar refractivity (Wildman–Crippen MR) is 82.0 cm³/mol. The lowest BCUT2D eigenvalue weighted by Gasteiger charge is -2.32. The van der Waals surface area contributed by atoms with Gasteiger partial charge in [0.05, 0.1) is 11.9 Å². The maximum atomic E-state index is 12.3. The van der Waals surface area contributed by atoms with Crippen LogP contribution in [0, 0.1) is 0 Å². The zero-order valence-electron chi connectivity index (χ0n) is 12.1. The maximum absolute atomic E-state index is 12.3. The van der Waals surface area contributed by atoms with Crippen LogP contribution in [0.1, 0.15) is 18.4 Å². The summed E-state index contributed by atoms with van der Waals surface area (Å²) in [5, 5.41) is 10.5. The molecule has 2 heterocycles. The first-order valence-corrected chi connectivity index (χ1v) is 7.57. The van der Waals surface area contributed by atoms with E-state index < -0.39 is 6.86 Å². The molecule has 3 aliphatic rings. The van der Waals surface area contributed by atoms with Gasteiger partial charge in [-0.05, 0) is 31.1 Å². The Balaban J connectivity index is 1.45. The molecular weight excluding hydrogens is 283 g/mol. The van der Waals surface area contributed by atoms with Gasteiger partial charge >= 0.3 is 0 Å². The largest absolute Gasteiger partial charge is 0.463 e. The number of hydrogen-bond acceptors (Lipinski definition) is 5. The van der Waals surface area contributed by atoms with Crippen LogP contribution in [0.2, 0.25) is 0 Å². The number of fused-ring (bicyclic) bond motifs is 1. The van der Waals surface area contributed by atoms with E-state index in [1.165, 1.54) is 12.8 Å². The molecule has 4 rings (SSSR count). The fraction of sp³-hybridized carbons (Fsp3) is 0.375. The van der Waals surface area contributed by atoms with Gasteiger partial charge < -0.3 is 15.0 Å². The van der Waals surface area contributed by atoms with Gasteiger partial charge in [-0.1, -0.05) is 12.1 Å². The van der Waals surface area contributed by atoms with Crippen molar-refractivity contribution in [3.05, 3.63) is 48.3 Å². The first-order valence-electron chi connectivity index (χ1n) is 7.57. The van der Waals surface area contributed by atoms with Crippen LogP contribution in [-0.2, 0) is 0 Å². The first kappa shape index (κ1) is 13.6. The molecule has 0 amide bonds. The van der Waals surface area contributed by atoms with Crippen molar-refractivity contribution >= 4 is 5.70 Å². The molecule has 0 spiro atoms. The average Bonchev–Trinajstić information content (AvgIpc) is 3.24. The van der Waals surface area contributed by atoms with Crippen LogP contribution >= 0.6 is 0 Å². The quantitative estimate of drug-likeness (QED) is 0.772. The summed E-state index contributed by atoms with van der Waals surface area (Å²) in [5.74, 6) is 0.532. The van der Waals surface area contributed by atoms with Crippen LogP contribution in [0.3, 0.4) is 0 Å². The van der Waals surface area contributed by atoms with Crippen LogP contribution < -0.4 is 20.7 Å². The Morgan fingerprint density at radius 2 is 2.27 bits per heavy atom. The molecule has 2 unspecified atom stereocenters. The molecule has 2 atom stereocenters. The van der Waals surface area contributed by atoms with E-state index in [-0.39, 0.29) is 12.5 Å². The molecule has 1 saturated carbocycles. The molecule has 1 aliphatic carbocycles. The number of nitrogens with zero attached hydrogens (tertiary/aromatic N) is 1. The van der Waals surface area contributed by atoms with Gasteiger partial charge in [0.25, 0.3) is 0 Å². The Kier molecular flexibility index (Phi) is 3.48. The lowest BCUT2D eigenvalue weighted by atomic mass is 10.1. The summed E-state index contributed by atoms with van der Waals surface area (Å²) >= 11 is 0. The molecule has 5 nitrogen and oxygen atoms in total. The molecule has 6 heteroatoms. The predicted octanol–water partition coefficient (Wildman–Crippen LogP) is 1.67. The van der Waals surface area contributed by atoms with E-state index in [9.17, 15) is 4.39 Å². The Morgan fingerprint density at radius 1 is 1.36 bits per heavy atom. The number of benzene rings is 1. The van der Waals surface area contributed by atoms with Crippen molar-refractivity contribution in [1.29, 1.82) is 0 Å². The van der Waals surface area contributed by atoms with Gasteiger partial charge in [-0.3, -0.25) is 10.6 Å². The van der Waals surface area contributed by atoms with Crippen LogP contribution in [0.5, 0.6) is 5.75 Å². The van der Waals surface area contributed by atoms with E-state index in [0.717, 1.165) is 11.3 Å². The van der Waals surface area contributed by atoms with Gasteiger partial charge in [0.1, 0.15) is 5.75 Å². The van der Waals surface area contributed by atoms with Crippen molar-refractivity contribution in [3.63, 3.8) is 0 Å². The Hall–Kier alpha value is -2.05. The highest BCUT2D eigenvalue weighted by atomic mass is 19.1. The molecule has 22 heavy (non-hydrogen) atoms. The summed E-state index contributed by atoms with van der Waals surface area (Å²) in [6.07, 6.45) is 8.98.